The maximum absolute atomic E-state index is 5.93. The largest absolute Gasteiger partial charge is 0.368 e. The molecular formula is C8H9ClN4. The highest BCUT2D eigenvalue weighted by atomic mass is 35.5. The molecular weight excluding hydrogens is 188 g/mol. The number of nitrogen functional groups attached to an aromatic ring is 1. The second-order valence-electron chi connectivity index (χ2n) is 2.97. The van der Waals surface area contributed by atoms with Gasteiger partial charge in [0, 0.05) is 5.69 Å². The molecule has 5 heteroatoms. The molecule has 4 nitrogen and oxygen atoms in total. The predicted molar refractivity (Wildman–Crippen MR) is 52.8 cm³/mol. The number of fused-ring (bicyclic) bond motifs is 1. The molecule has 0 aliphatic carbocycles. The van der Waals surface area contributed by atoms with Crippen LogP contribution in [0.5, 0.6) is 0 Å². The number of hydrogen-bond acceptors (Lipinski definition) is 3. The Hall–Kier alpha value is -1.29. The van der Waals surface area contributed by atoms with Crippen molar-refractivity contribution in [1.29, 1.82) is 0 Å². The molecule has 0 radical (unpaired) electrons. The Morgan fingerprint density at radius 2 is 2.00 bits per heavy atom. The minimum Gasteiger partial charge on any atom is -0.368 e. The van der Waals surface area contributed by atoms with Gasteiger partial charge in [0.15, 0.2) is 0 Å². The maximum Gasteiger partial charge on any atom is 0.223 e. The summed E-state index contributed by atoms with van der Waals surface area (Å²) >= 11 is 5.93. The molecule has 0 aromatic carbocycles. The van der Waals surface area contributed by atoms with Crippen LogP contribution in [0, 0.1) is 13.8 Å². The van der Waals surface area contributed by atoms with Gasteiger partial charge in [-0.3, -0.25) is 0 Å². The van der Waals surface area contributed by atoms with Gasteiger partial charge in [0.05, 0.1) is 5.39 Å². The summed E-state index contributed by atoms with van der Waals surface area (Å²) < 4.78 is 0. The van der Waals surface area contributed by atoms with Gasteiger partial charge >= 0.3 is 0 Å². The second kappa shape index (κ2) is 2.60. The summed E-state index contributed by atoms with van der Waals surface area (Å²) in [6.07, 6.45) is 0. The van der Waals surface area contributed by atoms with Crippen LogP contribution in [-0.4, -0.2) is 15.0 Å². The van der Waals surface area contributed by atoms with Gasteiger partial charge in [-0.25, -0.2) is 4.98 Å². The molecule has 0 saturated heterocycles. The van der Waals surface area contributed by atoms with Gasteiger partial charge in [0.2, 0.25) is 5.95 Å². The van der Waals surface area contributed by atoms with Crippen LogP contribution in [0.3, 0.4) is 0 Å². The van der Waals surface area contributed by atoms with E-state index in [9.17, 15) is 0 Å². The Kier molecular flexibility index (Phi) is 1.66. The Balaban J connectivity index is 2.94. The van der Waals surface area contributed by atoms with Crippen LogP contribution in [0.25, 0.3) is 11.0 Å². The van der Waals surface area contributed by atoms with Crippen molar-refractivity contribution in [3.05, 3.63) is 16.4 Å². The van der Waals surface area contributed by atoms with Crippen molar-refractivity contribution in [3.63, 3.8) is 0 Å². The molecule has 13 heavy (non-hydrogen) atoms. The highest BCUT2D eigenvalue weighted by Crippen LogP contribution is 2.26. The van der Waals surface area contributed by atoms with Crippen LogP contribution < -0.4 is 5.73 Å². The molecule has 2 aromatic rings. The third kappa shape index (κ3) is 1.14. The first kappa shape index (κ1) is 8.31. The number of H-pyrrole nitrogens is 1. The number of aromatic amines is 1. The van der Waals surface area contributed by atoms with Gasteiger partial charge in [-0.1, -0.05) is 11.6 Å². The molecule has 0 aliphatic rings. The zero-order valence-corrected chi connectivity index (χ0v) is 8.11. The lowest BCUT2D eigenvalue weighted by Crippen LogP contribution is -1.94. The molecule has 0 saturated carbocycles. The van der Waals surface area contributed by atoms with Crippen LogP contribution in [0.1, 0.15) is 11.3 Å². The number of nitrogens with zero attached hydrogens (tertiary/aromatic N) is 2. The molecule has 0 aliphatic heterocycles. The topological polar surface area (TPSA) is 67.6 Å². The van der Waals surface area contributed by atoms with Gasteiger partial charge < -0.3 is 10.7 Å². The lowest BCUT2D eigenvalue weighted by molar-refractivity contribution is 1.19. The average molecular weight is 197 g/mol. The van der Waals surface area contributed by atoms with Crippen LogP contribution in [0.15, 0.2) is 0 Å². The molecule has 68 valence electrons. The van der Waals surface area contributed by atoms with Gasteiger partial charge in [-0.15, -0.1) is 0 Å². The highest BCUT2D eigenvalue weighted by Gasteiger charge is 2.10. The number of anilines is 1. The molecule has 2 rings (SSSR count). The quantitative estimate of drug-likeness (QED) is 0.632. The SMILES string of the molecule is Cc1[nH]c2nc(N)nc(Cl)c2c1C. The smallest absolute Gasteiger partial charge is 0.223 e. The first-order valence-electron chi connectivity index (χ1n) is 3.87. The number of halogens is 1. The van der Waals surface area contributed by atoms with E-state index in [2.05, 4.69) is 15.0 Å². The summed E-state index contributed by atoms with van der Waals surface area (Å²) in [4.78, 5) is 11.0. The Labute approximate surface area is 80.1 Å². The Morgan fingerprint density at radius 3 is 2.69 bits per heavy atom. The molecule has 0 unspecified atom stereocenters. The fraction of sp³-hybridized carbons (Fsp3) is 0.250. The van der Waals surface area contributed by atoms with Crippen molar-refractivity contribution in [2.75, 3.05) is 5.73 Å². The molecule has 0 amide bonds. The zero-order chi connectivity index (χ0) is 9.59. The molecule has 2 heterocycles. The fourth-order valence-electron chi connectivity index (χ4n) is 1.33. The van der Waals surface area contributed by atoms with E-state index in [-0.39, 0.29) is 5.95 Å². The Bertz CT molecular complexity index is 474. The maximum atomic E-state index is 5.93. The second-order valence-corrected chi connectivity index (χ2v) is 3.33. The number of hydrogen-bond donors (Lipinski definition) is 2. The standard InChI is InChI=1S/C8H9ClN4/c1-3-4(2)11-7-5(3)6(9)12-8(10)13-7/h1-2H3,(H3,10,11,12,13). The summed E-state index contributed by atoms with van der Waals surface area (Å²) in [7, 11) is 0. The van der Waals surface area contributed by atoms with E-state index in [4.69, 9.17) is 17.3 Å². The molecule has 0 bridgehead atoms. The average Bonchev–Trinajstić information content (AvgIpc) is 2.27. The van der Waals surface area contributed by atoms with Gasteiger partial charge in [-0.05, 0) is 19.4 Å². The predicted octanol–water partition coefficient (Wildman–Crippen LogP) is 1.81. The van der Waals surface area contributed by atoms with Crippen molar-refractivity contribution in [3.8, 4) is 0 Å². The first-order chi connectivity index (χ1) is 6.09. The van der Waals surface area contributed by atoms with Crippen molar-refractivity contribution >= 4 is 28.6 Å². The molecule has 3 N–H and O–H groups in total. The van der Waals surface area contributed by atoms with Gasteiger partial charge in [0.25, 0.3) is 0 Å². The fourth-order valence-corrected chi connectivity index (χ4v) is 1.65. The van der Waals surface area contributed by atoms with Crippen LogP contribution in [0.2, 0.25) is 5.15 Å². The number of nitrogens with one attached hydrogen (secondary N) is 1. The Morgan fingerprint density at radius 1 is 1.31 bits per heavy atom. The molecule has 2 aromatic heterocycles. The third-order valence-electron chi connectivity index (χ3n) is 2.13. The van der Waals surface area contributed by atoms with E-state index in [1.807, 2.05) is 13.8 Å². The van der Waals surface area contributed by atoms with E-state index in [1.54, 1.807) is 0 Å². The third-order valence-corrected chi connectivity index (χ3v) is 2.40. The van der Waals surface area contributed by atoms with Crippen molar-refractivity contribution in [1.82, 2.24) is 15.0 Å². The van der Waals surface area contributed by atoms with Crippen LogP contribution in [-0.2, 0) is 0 Å². The van der Waals surface area contributed by atoms with Crippen molar-refractivity contribution in [2.45, 2.75) is 13.8 Å². The summed E-state index contributed by atoms with van der Waals surface area (Å²) in [5, 5.41) is 1.26. The number of nitrogens with two attached hydrogens (primary N) is 1. The normalized spacial score (nSPS) is 11.0. The number of aromatic nitrogens is 3. The minimum absolute atomic E-state index is 0.193. The summed E-state index contributed by atoms with van der Waals surface area (Å²) in [6.45, 7) is 3.93. The molecule has 0 fully saturated rings. The van der Waals surface area contributed by atoms with E-state index in [0.717, 1.165) is 16.6 Å². The lowest BCUT2D eigenvalue weighted by atomic mass is 10.2. The van der Waals surface area contributed by atoms with E-state index in [1.165, 1.54) is 0 Å². The molecule has 0 atom stereocenters. The highest BCUT2D eigenvalue weighted by molar-refractivity contribution is 6.34. The minimum atomic E-state index is 0.193. The summed E-state index contributed by atoms with van der Waals surface area (Å²) in [5.74, 6) is 0.193. The van der Waals surface area contributed by atoms with Crippen LogP contribution >= 0.6 is 11.6 Å². The summed E-state index contributed by atoms with van der Waals surface area (Å²) in [5.41, 5.74) is 8.27. The zero-order valence-electron chi connectivity index (χ0n) is 7.35. The van der Waals surface area contributed by atoms with Crippen molar-refractivity contribution in [2.24, 2.45) is 0 Å². The van der Waals surface area contributed by atoms with E-state index in [0.29, 0.717) is 10.8 Å². The lowest BCUT2D eigenvalue weighted by Gasteiger charge is -1.95. The van der Waals surface area contributed by atoms with Gasteiger partial charge in [0.1, 0.15) is 10.8 Å². The first-order valence-corrected chi connectivity index (χ1v) is 4.25. The molecule has 0 spiro atoms. The number of rotatable bonds is 0. The van der Waals surface area contributed by atoms with E-state index < -0.39 is 0 Å². The van der Waals surface area contributed by atoms with Gasteiger partial charge in [-0.2, -0.15) is 4.98 Å². The van der Waals surface area contributed by atoms with Crippen LogP contribution in [0.4, 0.5) is 5.95 Å². The monoisotopic (exact) mass is 196 g/mol. The van der Waals surface area contributed by atoms with E-state index >= 15 is 0 Å². The van der Waals surface area contributed by atoms with Crippen molar-refractivity contribution < 1.29 is 0 Å². The number of aryl methyl sites for hydroxylation is 2. The summed E-state index contributed by atoms with van der Waals surface area (Å²) in [6, 6.07) is 0.